The number of halogens is 1. The molecule has 3 N–H and O–H groups in total. The molecule has 1 amide bonds. The van der Waals surface area contributed by atoms with Gasteiger partial charge >= 0.3 is 0 Å². The van der Waals surface area contributed by atoms with E-state index in [1.54, 1.807) is 24.3 Å². The average Bonchev–Trinajstić information content (AvgIpc) is 2.96. The maximum absolute atomic E-state index is 11.5. The second-order valence-electron chi connectivity index (χ2n) is 6.18. The van der Waals surface area contributed by atoms with Crippen molar-refractivity contribution >= 4 is 17.5 Å². The number of rotatable bonds is 4. The zero-order chi connectivity index (χ0) is 19.6. The molecule has 0 aliphatic rings. The fourth-order valence-electron chi connectivity index (χ4n) is 2.97. The van der Waals surface area contributed by atoms with Crippen molar-refractivity contribution in [1.82, 2.24) is 15.2 Å². The molecule has 1 aromatic heterocycles. The summed E-state index contributed by atoms with van der Waals surface area (Å²) in [5.41, 5.74) is 7.95. The first-order chi connectivity index (χ1) is 12.9. The number of amides is 1. The summed E-state index contributed by atoms with van der Waals surface area (Å²) in [6.45, 7) is 3.96. The van der Waals surface area contributed by atoms with Crippen LogP contribution in [0.15, 0.2) is 42.5 Å². The molecule has 0 unspecified atom stereocenters. The van der Waals surface area contributed by atoms with E-state index in [1.165, 1.54) is 0 Å². The van der Waals surface area contributed by atoms with Gasteiger partial charge in [-0.1, -0.05) is 23.7 Å². The van der Waals surface area contributed by atoms with E-state index in [2.05, 4.69) is 16.6 Å². The van der Waals surface area contributed by atoms with E-state index in [1.807, 2.05) is 36.7 Å². The standard InChI is InChI=1S/C20H18ClN5O/c1-12-18(9-14-3-5-15(6-4-14)20(27)24-23)13(2)26(25-12)17-8-7-16(11-22)19(21)10-17/h3-8,10H,9,23H2,1-2H3,(H,24,27). The van der Waals surface area contributed by atoms with E-state index in [-0.39, 0.29) is 5.91 Å². The minimum Gasteiger partial charge on any atom is -0.290 e. The summed E-state index contributed by atoms with van der Waals surface area (Å²) in [6, 6.07) is 14.6. The highest BCUT2D eigenvalue weighted by atomic mass is 35.5. The summed E-state index contributed by atoms with van der Waals surface area (Å²) >= 11 is 6.16. The Bertz CT molecular complexity index is 1050. The number of nitrogens with one attached hydrogen (secondary N) is 1. The molecule has 2 aromatic carbocycles. The molecule has 136 valence electrons. The van der Waals surface area contributed by atoms with E-state index < -0.39 is 0 Å². The number of carbonyl (C=O) groups is 1. The zero-order valence-corrected chi connectivity index (χ0v) is 15.7. The number of hydrogen-bond donors (Lipinski definition) is 2. The van der Waals surface area contributed by atoms with E-state index >= 15 is 0 Å². The third kappa shape index (κ3) is 3.70. The van der Waals surface area contributed by atoms with Gasteiger partial charge in [0.25, 0.3) is 5.91 Å². The van der Waals surface area contributed by atoms with Gasteiger partial charge in [-0.3, -0.25) is 10.2 Å². The quantitative estimate of drug-likeness (QED) is 0.413. The zero-order valence-electron chi connectivity index (χ0n) is 15.0. The summed E-state index contributed by atoms with van der Waals surface area (Å²) in [5.74, 6) is 4.83. The molecule has 0 bridgehead atoms. The van der Waals surface area contributed by atoms with Crippen LogP contribution in [0.5, 0.6) is 0 Å². The minimum absolute atomic E-state index is 0.320. The predicted molar refractivity (Wildman–Crippen MR) is 104 cm³/mol. The second-order valence-corrected chi connectivity index (χ2v) is 6.59. The van der Waals surface area contributed by atoms with Gasteiger partial charge < -0.3 is 0 Å². The Balaban J connectivity index is 1.91. The van der Waals surface area contributed by atoms with Gasteiger partial charge in [-0.2, -0.15) is 10.4 Å². The van der Waals surface area contributed by atoms with E-state index in [9.17, 15) is 4.79 Å². The largest absolute Gasteiger partial charge is 0.290 e. The molecule has 0 radical (unpaired) electrons. The molecule has 3 rings (SSSR count). The molecule has 0 atom stereocenters. The molecular formula is C20H18ClN5O. The molecular weight excluding hydrogens is 362 g/mol. The lowest BCUT2D eigenvalue weighted by atomic mass is 10.0. The molecule has 1 heterocycles. The lowest BCUT2D eigenvalue weighted by molar-refractivity contribution is 0.0953. The van der Waals surface area contributed by atoms with Crippen LogP contribution in [0.25, 0.3) is 5.69 Å². The van der Waals surface area contributed by atoms with Crippen LogP contribution >= 0.6 is 11.6 Å². The van der Waals surface area contributed by atoms with Gasteiger partial charge in [0.2, 0.25) is 0 Å². The van der Waals surface area contributed by atoms with Crippen LogP contribution in [0.1, 0.15) is 38.4 Å². The van der Waals surface area contributed by atoms with Crippen molar-refractivity contribution in [3.05, 3.63) is 81.1 Å². The Labute approximate surface area is 162 Å². The van der Waals surface area contributed by atoms with Crippen LogP contribution in [0.2, 0.25) is 5.02 Å². The number of aromatic nitrogens is 2. The Morgan fingerprint density at radius 3 is 2.56 bits per heavy atom. The van der Waals surface area contributed by atoms with Crippen molar-refractivity contribution < 1.29 is 4.79 Å². The number of aryl methyl sites for hydroxylation is 1. The van der Waals surface area contributed by atoms with Crippen LogP contribution in [0, 0.1) is 25.2 Å². The molecule has 0 saturated heterocycles. The van der Waals surface area contributed by atoms with Gasteiger partial charge in [0, 0.05) is 23.2 Å². The van der Waals surface area contributed by atoms with Crippen molar-refractivity contribution in [3.63, 3.8) is 0 Å². The molecule has 0 spiro atoms. The van der Waals surface area contributed by atoms with Crippen LogP contribution < -0.4 is 11.3 Å². The van der Waals surface area contributed by atoms with Crippen molar-refractivity contribution in [2.24, 2.45) is 5.84 Å². The van der Waals surface area contributed by atoms with E-state index in [0.717, 1.165) is 28.2 Å². The molecule has 6 nitrogen and oxygen atoms in total. The van der Waals surface area contributed by atoms with Crippen molar-refractivity contribution in [3.8, 4) is 11.8 Å². The molecule has 0 saturated carbocycles. The SMILES string of the molecule is Cc1nn(-c2ccc(C#N)c(Cl)c2)c(C)c1Cc1ccc(C(=O)NN)cc1. The molecule has 7 heteroatoms. The monoisotopic (exact) mass is 379 g/mol. The van der Waals surface area contributed by atoms with Gasteiger partial charge in [0.1, 0.15) is 6.07 Å². The molecule has 0 aliphatic carbocycles. The van der Waals surface area contributed by atoms with E-state index in [0.29, 0.717) is 22.6 Å². The summed E-state index contributed by atoms with van der Waals surface area (Å²) in [5, 5.41) is 14.1. The van der Waals surface area contributed by atoms with E-state index in [4.69, 9.17) is 22.7 Å². The van der Waals surface area contributed by atoms with Gasteiger partial charge in [-0.05, 0) is 49.7 Å². The van der Waals surface area contributed by atoms with Gasteiger partial charge in [-0.15, -0.1) is 0 Å². The van der Waals surface area contributed by atoms with Crippen molar-refractivity contribution in [2.75, 3.05) is 0 Å². The highest BCUT2D eigenvalue weighted by Gasteiger charge is 2.14. The number of hydrazine groups is 1. The van der Waals surface area contributed by atoms with Crippen molar-refractivity contribution in [1.29, 1.82) is 5.26 Å². The third-order valence-electron chi connectivity index (χ3n) is 4.49. The molecule has 0 fully saturated rings. The number of benzene rings is 2. The maximum atomic E-state index is 11.5. The predicted octanol–water partition coefficient (Wildman–Crippen LogP) is 3.21. The molecule has 27 heavy (non-hydrogen) atoms. The highest BCUT2D eigenvalue weighted by Crippen LogP contribution is 2.24. The normalized spacial score (nSPS) is 10.5. The number of nitrogen functional groups attached to an aromatic ring is 1. The number of hydrogen-bond acceptors (Lipinski definition) is 4. The Morgan fingerprint density at radius 2 is 1.96 bits per heavy atom. The molecule has 0 aliphatic heterocycles. The van der Waals surface area contributed by atoms with Crippen LogP contribution in [-0.2, 0) is 6.42 Å². The second kappa shape index (κ2) is 7.62. The summed E-state index contributed by atoms with van der Waals surface area (Å²) < 4.78 is 1.83. The first-order valence-corrected chi connectivity index (χ1v) is 8.67. The number of carbonyl (C=O) groups excluding carboxylic acids is 1. The summed E-state index contributed by atoms with van der Waals surface area (Å²) in [4.78, 5) is 11.5. The highest BCUT2D eigenvalue weighted by molar-refractivity contribution is 6.31. The minimum atomic E-state index is -0.320. The summed E-state index contributed by atoms with van der Waals surface area (Å²) in [6.07, 6.45) is 0.687. The topological polar surface area (TPSA) is 96.7 Å². The number of nitrogens with zero attached hydrogens (tertiary/aromatic N) is 3. The first kappa shape index (κ1) is 18.6. The Morgan fingerprint density at radius 1 is 1.26 bits per heavy atom. The fraction of sp³-hybridized carbons (Fsp3) is 0.150. The summed E-state index contributed by atoms with van der Waals surface area (Å²) in [7, 11) is 0. The lowest BCUT2D eigenvalue weighted by Gasteiger charge is -2.07. The van der Waals surface area contributed by atoms with Crippen LogP contribution in [0.3, 0.4) is 0 Å². The van der Waals surface area contributed by atoms with Crippen LogP contribution in [-0.4, -0.2) is 15.7 Å². The van der Waals surface area contributed by atoms with Crippen molar-refractivity contribution in [2.45, 2.75) is 20.3 Å². The van der Waals surface area contributed by atoms with Gasteiger partial charge in [0.05, 0.1) is 22.0 Å². The number of nitriles is 1. The number of nitrogens with two attached hydrogens (primary N) is 1. The fourth-order valence-corrected chi connectivity index (χ4v) is 3.19. The average molecular weight is 380 g/mol. The van der Waals surface area contributed by atoms with Crippen LogP contribution in [0.4, 0.5) is 0 Å². The Hall–Kier alpha value is -3.14. The third-order valence-corrected chi connectivity index (χ3v) is 4.80. The maximum Gasteiger partial charge on any atom is 0.265 e. The van der Waals surface area contributed by atoms with Gasteiger partial charge in [-0.25, -0.2) is 10.5 Å². The molecule has 3 aromatic rings. The lowest BCUT2D eigenvalue weighted by Crippen LogP contribution is -2.29. The smallest absolute Gasteiger partial charge is 0.265 e. The Kier molecular flexibility index (Phi) is 5.26. The first-order valence-electron chi connectivity index (χ1n) is 8.29. The van der Waals surface area contributed by atoms with Gasteiger partial charge in [0.15, 0.2) is 0 Å².